The van der Waals surface area contributed by atoms with Gasteiger partial charge in [-0.15, -0.1) is 6.42 Å². The normalized spacial score (nSPS) is 25.5. The third-order valence-corrected chi connectivity index (χ3v) is 4.13. The van der Waals surface area contributed by atoms with E-state index in [0.29, 0.717) is 5.92 Å². The second-order valence-corrected chi connectivity index (χ2v) is 5.33. The SMILES string of the molecule is C#CCN(CC(=O)O)C(=O)N1CCC2CCCCC21. The van der Waals surface area contributed by atoms with Gasteiger partial charge in [-0.1, -0.05) is 18.8 Å². The minimum atomic E-state index is -1.03. The Morgan fingerprint density at radius 3 is 2.74 bits per heavy atom. The highest BCUT2D eigenvalue weighted by Gasteiger charge is 2.39. The van der Waals surface area contributed by atoms with Crippen molar-refractivity contribution in [3.63, 3.8) is 0 Å². The van der Waals surface area contributed by atoms with Gasteiger partial charge in [0.25, 0.3) is 0 Å². The maximum Gasteiger partial charge on any atom is 0.323 e. The quantitative estimate of drug-likeness (QED) is 0.784. The number of rotatable bonds is 3. The van der Waals surface area contributed by atoms with Gasteiger partial charge in [0, 0.05) is 12.6 Å². The minimum Gasteiger partial charge on any atom is -0.480 e. The first-order valence-electron chi connectivity index (χ1n) is 6.84. The molecule has 2 unspecified atom stereocenters. The first kappa shape index (κ1) is 13.7. The van der Waals surface area contributed by atoms with E-state index in [1.807, 2.05) is 4.90 Å². The van der Waals surface area contributed by atoms with Crippen LogP contribution in [0, 0.1) is 18.3 Å². The standard InChI is InChI=1S/C14H20N2O3/c1-2-8-15(10-13(17)18)14(19)16-9-7-11-5-3-4-6-12(11)16/h1,11-12H,3-10H2,(H,17,18). The van der Waals surface area contributed by atoms with Crippen LogP contribution in [0.5, 0.6) is 0 Å². The van der Waals surface area contributed by atoms with Gasteiger partial charge in [-0.25, -0.2) is 4.79 Å². The predicted octanol–water partition coefficient (Wildman–Crippen LogP) is 1.39. The lowest BCUT2D eigenvalue weighted by atomic mass is 9.85. The summed E-state index contributed by atoms with van der Waals surface area (Å²) in [4.78, 5) is 26.3. The molecular formula is C14H20N2O3. The molecule has 1 saturated heterocycles. The molecule has 1 aliphatic heterocycles. The average Bonchev–Trinajstić information content (AvgIpc) is 2.80. The summed E-state index contributed by atoms with van der Waals surface area (Å²) in [6, 6.07) is 0.0741. The van der Waals surface area contributed by atoms with Crippen LogP contribution >= 0.6 is 0 Å². The molecule has 0 spiro atoms. The molecule has 0 bridgehead atoms. The Bertz CT molecular complexity index is 402. The van der Waals surface area contributed by atoms with E-state index in [1.54, 1.807) is 0 Å². The van der Waals surface area contributed by atoms with Crippen molar-refractivity contribution in [2.24, 2.45) is 5.92 Å². The number of fused-ring (bicyclic) bond motifs is 1. The number of terminal acetylenes is 1. The number of nitrogens with zero attached hydrogens (tertiary/aromatic N) is 2. The number of carboxylic acids is 1. The van der Waals surface area contributed by atoms with Crippen LogP contribution in [0.15, 0.2) is 0 Å². The van der Waals surface area contributed by atoms with E-state index >= 15 is 0 Å². The molecule has 0 aromatic heterocycles. The van der Waals surface area contributed by atoms with Gasteiger partial charge in [-0.2, -0.15) is 0 Å². The zero-order valence-corrected chi connectivity index (χ0v) is 11.0. The van der Waals surface area contributed by atoms with Gasteiger partial charge < -0.3 is 14.9 Å². The number of carboxylic acid groups (broad SMARTS) is 1. The molecule has 2 rings (SSSR count). The summed E-state index contributed by atoms with van der Waals surface area (Å²) in [5, 5.41) is 8.85. The number of carbonyl (C=O) groups excluding carboxylic acids is 1. The van der Waals surface area contributed by atoms with Crippen molar-refractivity contribution >= 4 is 12.0 Å². The minimum absolute atomic E-state index is 0.0546. The van der Waals surface area contributed by atoms with Gasteiger partial charge in [0.1, 0.15) is 6.54 Å². The van der Waals surface area contributed by atoms with E-state index in [4.69, 9.17) is 11.5 Å². The number of urea groups is 1. The molecule has 1 saturated carbocycles. The lowest BCUT2D eigenvalue weighted by molar-refractivity contribution is -0.137. The molecule has 5 heteroatoms. The molecule has 19 heavy (non-hydrogen) atoms. The van der Waals surface area contributed by atoms with E-state index in [2.05, 4.69) is 5.92 Å². The van der Waals surface area contributed by atoms with Crippen molar-refractivity contribution in [3.8, 4) is 12.3 Å². The summed E-state index contributed by atoms with van der Waals surface area (Å²) >= 11 is 0. The van der Waals surface area contributed by atoms with Gasteiger partial charge in [0.2, 0.25) is 0 Å². The number of hydrogen-bond donors (Lipinski definition) is 1. The Kier molecular flexibility index (Phi) is 4.31. The summed E-state index contributed by atoms with van der Waals surface area (Å²) in [5.41, 5.74) is 0. The van der Waals surface area contributed by atoms with E-state index in [0.717, 1.165) is 25.8 Å². The summed E-state index contributed by atoms with van der Waals surface area (Å²) in [5.74, 6) is 1.93. The molecule has 2 fully saturated rings. The predicted molar refractivity (Wildman–Crippen MR) is 70.5 cm³/mol. The maximum absolute atomic E-state index is 12.4. The van der Waals surface area contributed by atoms with Gasteiger partial charge in [-0.05, 0) is 25.2 Å². The third kappa shape index (κ3) is 3.01. The van der Waals surface area contributed by atoms with Crippen LogP contribution in [0.3, 0.4) is 0 Å². The summed E-state index contributed by atoms with van der Waals surface area (Å²) < 4.78 is 0. The molecule has 1 aliphatic carbocycles. The number of carbonyl (C=O) groups is 2. The van der Waals surface area contributed by atoms with Crippen molar-refractivity contribution in [3.05, 3.63) is 0 Å². The Balaban J connectivity index is 2.04. The Morgan fingerprint density at radius 2 is 2.05 bits per heavy atom. The maximum atomic E-state index is 12.4. The van der Waals surface area contributed by atoms with Crippen LogP contribution in [0.25, 0.3) is 0 Å². The lowest BCUT2D eigenvalue weighted by Gasteiger charge is -2.34. The number of likely N-dealkylation sites (tertiary alicyclic amines) is 1. The number of amides is 2. The van der Waals surface area contributed by atoms with Crippen LogP contribution < -0.4 is 0 Å². The fourth-order valence-corrected chi connectivity index (χ4v) is 3.29. The van der Waals surface area contributed by atoms with Gasteiger partial charge in [0.15, 0.2) is 0 Å². The van der Waals surface area contributed by atoms with Crippen molar-refractivity contribution < 1.29 is 14.7 Å². The molecule has 0 aromatic rings. The fourth-order valence-electron chi connectivity index (χ4n) is 3.29. The monoisotopic (exact) mass is 264 g/mol. The van der Waals surface area contributed by atoms with Gasteiger partial charge in [-0.3, -0.25) is 4.79 Å². The van der Waals surface area contributed by atoms with E-state index in [-0.39, 0.29) is 25.2 Å². The van der Waals surface area contributed by atoms with Crippen LogP contribution in [0.1, 0.15) is 32.1 Å². The molecule has 0 radical (unpaired) electrons. The van der Waals surface area contributed by atoms with Crippen LogP contribution in [-0.2, 0) is 4.79 Å². The number of aliphatic carboxylic acids is 1. The summed E-state index contributed by atoms with van der Waals surface area (Å²) in [6.07, 6.45) is 10.9. The van der Waals surface area contributed by atoms with Gasteiger partial charge in [0.05, 0.1) is 6.54 Å². The topological polar surface area (TPSA) is 60.9 Å². The molecule has 1 heterocycles. The molecule has 5 nitrogen and oxygen atoms in total. The molecular weight excluding hydrogens is 244 g/mol. The number of hydrogen-bond acceptors (Lipinski definition) is 2. The highest BCUT2D eigenvalue weighted by atomic mass is 16.4. The highest BCUT2D eigenvalue weighted by Crippen LogP contribution is 2.36. The van der Waals surface area contributed by atoms with Crippen LogP contribution in [0.4, 0.5) is 4.79 Å². The first-order chi connectivity index (χ1) is 9.13. The fraction of sp³-hybridized carbons (Fsp3) is 0.714. The van der Waals surface area contributed by atoms with Crippen molar-refractivity contribution in [1.29, 1.82) is 0 Å². The average molecular weight is 264 g/mol. The zero-order valence-electron chi connectivity index (χ0n) is 11.0. The Hall–Kier alpha value is -1.70. The molecule has 0 aromatic carbocycles. The third-order valence-electron chi connectivity index (χ3n) is 4.13. The summed E-state index contributed by atoms with van der Waals surface area (Å²) in [7, 11) is 0. The largest absolute Gasteiger partial charge is 0.480 e. The van der Waals surface area contributed by atoms with E-state index in [9.17, 15) is 9.59 Å². The van der Waals surface area contributed by atoms with Gasteiger partial charge >= 0.3 is 12.0 Å². The van der Waals surface area contributed by atoms with Crippen molar-refractivity contribution in [1.82, 2.24) is 9.80 Å². The smallest absolute Gasteiger partial charge is 0.323 e. The van der Waals surface area contributed by atoms with E-state index < -0.39 is 5.97 Å². The first-order valence-corrected chi connectivity index (χ1v) is 6.84. The van der Waals surface area contributed by atoms with E-state index in [1.165, 1.54) is 17.7 Å². The molecule has 104 valence electrons. The van der Waals surface area contributed by atoms with Crippen LogP contribution in [0.2, 0.25) is 0 Å². The Morgan fingerprint density at radius 1 is 1.32 bits per heavy atom. The molecule has 2 atom stereocenters. The highest BCUT2D eigenvalue weighted by molar-refractivity contribution is 5.81. The second-order valence-electron chi connectivity index (χ2n) is 5.33. The van der Waals surface area contributed by atoms with Crippen molar-refractivity contribution in [2.75, 3.05) is 19.6 Å². The zero-order chi connectivity index (χ0) is 13.8. The molecule has 2 amide bonds. The molecule has 1 N–H and O–H groups in total. The summed E-state index contributed by atoms with van der Waals surface area (Å²) in [6.45, 7) is 0.463. The molecule has 2 aliphatic rings. The lowest BCUT2D eigenvalue weighted by Crippen LogP contribution is -2.48. The van der Waals surface area contributed by atoms with Crippen molar-refractivity contribution in [2.45, 2.75) is 38.1 Å². The van der Waals surface area contributed by atoms with Crippen LogP contribution in [-0.4, -0.2) is 52.6 Å². The Labute approximate surface area is 113 Å². The second kappa shape index (κ2) is 5.96.